The van der Waals surface area contributed by atoms with E-state index in [0.717, 1.165) is 0 Å². The lowest BCUT2D eigenvalue weighted by atomic mass is 10.4. The van der Waals surface area contributed by atoms with E-state index in [1.165, 1.54) is 10.9 Å². The third-order valence-corrected chi connectivity index (χ3v) is 2.54. The second-order valence-electron chi connectivity index (χ2n) is 4.59. The Morgan fingerprint density at radius 3 is 2.90 bits per heavy atom. The maximum absolute atomic E-state index is 11.7. The molecule has 0 aromatic carbocycles. The molecule has 2 aromatic heterocycles. The van der Waals surface area contributed by atoms with E-state index in [2.05, 4.69) is 10.1 Å². The zero-order valence-electron chi connectivity index (χ0n) is 12.2. The number of pyridine rings is 1. The van der Waals surface area contributed by atoms with Crippen molar-refractivity contribution in [2.45, 2.75) is 26.9 Å². The third-order valence-electron chi connectivity index (χ3n) is 2.54. The number of rotatable bonds is 5. The molecule has 21 heavy (non-hydrogen) atoms. The van der Waals surface area contributed by atoms with Gasteiger partial charge in [-0.2, -0.15) is 5.10 Å². The van der Waals surface area contributed by atoms with Gasteiger partial charge in [0, 0.05) is 6.20 Å². The molecule has 0 aliphatic heterocycles. The summed E-state index contributed by atoms with van der Waals surface area (Å²) in [6.45, 7) is 5.81. The number of carbonyl (C=O) groups excluding carboxylic acids is 1. The van der Waals surface area contributed by atoms with Gasteiger partial charge in [0.25, 0.3) is 0 Å². The highest BCUT2D eigenvalue weighted by atomic mass is 16.5. The second-order valence-corrected chi connectivity index (χ2v) is 4.59. The Labute approximate surface area is 122 Å². The van der Waals surface area contributed by atoms with Crippen molar-refractivity contribution in [3.63, 3.8) is 0 Å². The van der Waals surface area contributed by atoms with Gasteiger partial charge in [-0.3, -0.25) is 0 Å². The van der Waals surface area contributed by atoms with Crippen LogP contribution in [0.2, 0.25) is 0 Å². The lowest BCUT2D eigenvalue weighted by Crippen LogP contribution is -2.11. The fraction of sp³-hybridized carbons (Fsp3) is 0.357. The van der Waals surface area contributed by atoms with E-state index in [1.807, 2.05) is 13.8 Å². The SMILES string of the molecule is CCOC(=O)c1nn(-c2ncccc2OC(C)C)cc1N. The molecular formula is C14H18N4O3. The molecule has 0 amide bonds. The van der Waals surface area contributed by atoms with Gasteiger partial charge in [-0.15, -0.1) is 0 Å². The first-order valence-electron chi connectivity index (χ1n) is 6.67. The predicted molar refractivity (Wildman–Crippen MR) is 77.5 cm³/mol. The molecule has 0 radical (unpaired) electrons. The number of aromatic nitrogens is 3. The van der Waals surface area contributed by atoms with Crippen molar-refractivity contribution in [2.75, 3.05) is 12.3 Å². The second kappa shape index (κ2) is 6.25. The fourth-order valence-electron chi connectivity index (χ4n) is 1.75. The van der Waals surface area contributed by atoms with Gasteiger partial charge in [-0.1, -0.05) is 0 Å². The molecular weight excluding hydrogens is 272 g/mol. The molecule has 2 rings (SSSR count). The van der Waals surface area contributed by atoms with Crippen LogP contribution in [0.4, 0.5) is 5.69 Å². The highest BCUT2D eigenvalue weighted by Gasteiger charge is 2.18. The molecule has 0 saturated carbocycles. The highest BCUT2D eigenvalue weighted by molar-refractivity contribution is 5.92. The van der Waals surface area contributed by atoms with Gasteiger partial charge in [0.1, 0.15) is 0 Å². The lowest BCUT2D eigenvalue weighted by Gasteiger charge is -2.12. The summed E-state index contributed by atoms with van der Waals surface area (Å²) in [4.78, 5) is 16.0. The fourth-order valence-corrected chi connectivity index (χ4v) is 1.75. The molecule has 2 heterocycles. The van der Waals surface area contributed by atoms with Crippen LogP contribution in [0.25, 0.3) is 5.82 Å². The molecule has 0 bridgehead atoms. The number of hydrogen-bond donors (Lipinski definition) is 1. The third kappa shape index (κ3) is 3.31. The van der Waals surface area contributed by atoms with E-state index in [1.54, 1.807) is 25.3 Å². The van der Waals surface area contributed by atoms with Crippen molar-refractivity contribution in [1.82, 2.24) is 14.8 Å². The van der Waals surface area contributed by atoms with E-state index in [-0.39, 0.29) is 24.1 Å². The van der Waals surface area contributed by atoms with Crippen molar-refractivity contribution >= 4 is 11.7 Å². The number of anilines is 1. The average Bonchev–Trinajstić information content (AvgIpc) is 2.81. The summed E-state index contributed by atoms with van der Waals surface area (Å²) in [7, 11) is 0. The molecule has 0 aliphatic carbocycles. The van der Waals surface area contributed by atoms with Gasteiger partial charge in [0.2, 0.25) is 0 Å². The number of nitrogens with two attached hydrogens (primary N) is 1. The molecule has 0 atom stereocenters. The van der Waals surface area contributed by atoms with Crippen LogP contribution in [-0.2, 0) is 4.74 Å². The van der Waals surface area contributed by atoms with Crippen LogP contribution in [0.15, 0.2) is 24.5 Å². The first-order valence-corrected chi connectivity index (χ1v) is 6.67. The molecule has 7 heteroatoms. The summed E-state index contributed by atoms with van der Waals surface area (Å²) >= 11 is 0. The molecule has 2 aromatic rings. The molecule has 0 spiro atoms. The minimum atomic E-state index is -0.559. The molecule has 0 aliphatic rings. The van der Waals surface area contributed by atoms with Gasteiger partial charge in [-0.05, 0) is 32.9 Å². The topological polar surface area (TPSA) is 92.3 Å². The predicted octanol–water partition coefficient (Wildman–Crippen LogP) is 1.81. The number of carbonyl (C=O) groups is 1. The standard InChI is InChI=1S/C14H18N4O3/c1-4-20-14(19)12-10(15)8-18(17-12)13-11(21-9(2)3)6-5-7-16-13/h5-9H,4,15H2,1-3H3. The van der Waals surface area contributed by atoms with Gasteiger partial charge in [0.05, 0.1) is 24.6 Å². The smallest absolute Gasteiger partial charge is 0.361 e. The highest BCUT2D eigenvalue weighted by Crippen LogP contribution is 2.23. The van der Waals surface area contributed by atoms with Crippen molar-refractivity contribution in [2.24, 2.45) is 0 Å². The largest absolute Gasteiger partial charge is 0.487 e. The lowest BCUT2D eigenvalue weighted by molar-refractivity contribution is 0.0520. The van der Waals surface area contributed by atoms with Crippen LogP contribution < -0.4 is 10.5 Å². The Morgan fingerprint density at radius 2 is 2.24 bits per heavy atom. The molecule has 0 unspecified atom stereocenters. The van der Waals surface area contributed by atoms with E-state index in [9.17, 15) is 4.79 Å². The average molecular weight is 290 g/mol. The number of nitrogen functional groups attached to an aromatic ring is 1. The first kappa shape index (κ1) is 14.8. The van der Waals surface area contributed by atoms with Gasteiger partial charge in [-0.25, -0.2) is 14.5 Å². The molecule has 0 fully saturated rings. The number of nitrogens with zero attached hydrogens (tertiary/aromatic N) is 3. The molecule has 7 nitrogen and oxygen atoms in total. The van der Waals surface area contributed by atoms with Crippen LogP contribution >= 0.6 is 0 Å². The van der Waals surface area contributed by atoms with Gasteiger partial charge >= 0.3 is 5.97 Å². The van der Waals surface area contributed by atoms with E-state index in [4.69, 9.17) is 15.2 Å². The van der Waals surface area contributed by atoms with Crippen LogP contribution in [0.1, 0.15) is 31.3 Å². The van der Waals surface area contributed by atoms with E-state index >= 15 is 0 Å². The van der Waals surface area contributed by atoms with Crippen LogP contribution in [0.5, 0.6) is 5.75 Å². The van der Waals surface area contributed by atoms with E-state index < -0.39 is 5.97 Å². The van der Waals surface area contributed by atoms with Crippen molar-refractivity contribution in [1.29, 1.82) is 0 Å². The minimum Gasteiger partial charge on any atom is -0.487 e. The zero-order chi connectivity index (χ0) is 15.4. The van der Waals surface area contributed by atoms with E-state index in [0.29, 0.717) is 11.6 Å². The van der Waals surface area contributed by atoms with Gasteiger partial charge in [0.15, 0.2) is 17.3 Å². The van der Waals surface area contributed by atoms with Crippen LogP contribution in [-0.4, -0.2) is 33.4 Å². The van der Waals surface area contributed by atoms with Crippen molar-refractivity contribution < 1.29 is 14.3 Å². The summed E-state index contributed by atoms with van der Waals surface area (Å²) in [6.07, 6.45) is 3.12. The maximum Gasteiger partial charge on any atom is 0.361 e. The quantitative estimate of drug-likeness (QED) is 0.844. The number of esters is 1. The van der Waals surface area contributed by atoms with Gasteiger partial charge < -0.3 is 15.2 Å². The Hall–Kier alpha value is -2.57. The Balaban J connectivity index is 2.39. The summed E-state index contributed by atoms with van der Waals surface area (Å²) in [5.41, 5.74) is 6.11. The molecule has 0 saturated heterocycles. The summed E-state index contributed by atoms with van der Waals surface area (Å²) < 4.78 is 12.0. The maximum atomic E-state index is 11.7. The monoisotopic (exact) mass is 290 g/mol. The molecule has 112 valence electrons. The Morgan fingerprint density at radius 1 is 1.48 bits per heavy atom. The number of hydrogen-bond acceptors (Lipinski definition) is 6. The summed E-state index contributed by atoms with van der Waals surface area (Å²) in [5, 5.41) is 4.14. The zero-order valence-corrected chi connectivity index (χ0v) is 12.2. The number of ether oxygens (including phenoxy) is 2. The normalized spacial score (nSPS) is 10.7. The molecule has 2 N–H and O–H groups in total. The van der Waals surface area contributed by atoms with Crippen LogP contribution in [0.3, 0.4) is 0 Å². The van der Waals surface area contributed by atoms with Crippen LogP contribution in [0, 0.1) is 0 Å². The first-order chi connectivity index (χ1) is 10.0. The van der Waals surface area contributed by atoms with Crippen molar-refractivity contribution in [3.8, 4) is 11.6 Å². The minimum absolute atomic E-state index is 0.00890. The Kier molecular flexibility index (Phi) is 4.42. The summed E-state index contributed by atoms with van der Waals surface area (Å²) in [5.74, 6) is 0.467. The van der Waals surface area contributed by atoms with Crippen molar-refractivity contribution in [3.05, 3.63) is 30.2 Å². The summed E-state index contributed by atoms with van der Waals surface area (Å²) in [6, 6.07) is 3.55. The Bertz CT molecular complexity index is 637.